The number of aromatic nitrogens is 2. The summed E-state index contributed by atoms with van der Waals surface area (Å²) in [6, 6.07) is 14.0. The van der Waals surface area contributed by atoms with Crippen molar-refractivity contribution >= 4 is 5.91 Å². The van der Waals surface area contributed by atoms with Crippen molar-refractivity contribution in [2.45, 2.75) is 38.3 Å². The number of ether oxygens (including phenoxy) is 1. The maximum Gasteiger partial charge on any atom is 0.261 e. The Labute approximate surface area is 174 Å². The lowest BCUT2D eigenvalue weighted by molar-refractivity contribution is -0.137. The van der Waals surface area contributed by atoms with Gasteiger partial charge in [-0.05, 0) is 61.7 Å². The van der Waals surface area contributed by atoms with E-state index in [0.29, 0.717) is 18.0 Å². The maximum absolute atomic E-state index is 13.2. The number of hydrogen-bond donors (Lipinski definition) is 0. The third kappa shape index (κ3) is 3.43. The molecular formula is C24H22FN3O2. The van der Waals surface area contributed by atoms with Crippen LogP contribution < -0.4 is 4.74 Å². The Balaban J connectivity index is 1.35. The summed E-state index contributed by atoms with van der Waals surface area (Å²) in [5, 5.41) is 0. The molecule has 1 amide bonds. The summed E-state index contributed by atoms with van der Waals surface area (Å²) >= 11 is 0. The molecule has 0 saturated carbocycles. The molecule has 3 aromatic rings. The quantitative estimate of drug-likeness (QED) is 0.653. The third-order valence-electron chi connectivity index (χ3n) is 5.93. The van der Waals surface area contributed by atoms with Gasteiger partial charge in [0.15, 0.2) is 12.4 Å². The first-order chi connectivity index (χ1) is 14.6. The summed E-state index contributed by atoms with van der Waals surface area (Å²) in [5.74, 6) is 1.02. The van der Waals surface area contributed by atoms with Gasteiger partial charge in [-0.15, -0.1) is 0 Å². The van der Waals surface area contributed by atoms with E-state index in [-0.39, 0.29) is 30.4 Å². The molecule has 152 valence electrons. The Morgan fingerprint density at radius 3 is 2.83 bits per heavy atom. The van der Waals surface area contributed by atoms with E-state index in [1.165, 1.54) is 12.1 Å². The largest absolute Gasteiger partial charge is 0.484 e. The van der Waals surface area contributed by atoms with E-state index in [0.717, 1.165) is 35.2 Å². The second kappa shape index (κ2) is 7.52. The highest BCUT2D eigenvalue weighted by Crippen LogP contribution is 2.43. The Hall–Kier alpha value is -3.28. The molecule has 1 aromatic heterocycles. The molecule has 5 nitrogen and oxygen atoms in total. The maximum atomic E-state index is 13.2. The summed E-state index contributed by atoms with van der Waals surface area (Å²) in [6.07, 6.45) is 4.39. The Kier molecular flexibility index (Phi) is 4.69. The van der Waals surface area contributed by atoms with Crippen molar-refractivity contribution in [3.05, 3.63) is 77.4 Å². The zero-order chi connectivity index (χ0) is 20.7. The van der Waals surface area contributed by atoms with E-state index in [4.69, 9.17) is 9.72 Å². The minimum absolute atomic E-state index is 0.00253. The number of carbonyl (C=O) groups is 1. The van der Waals surface area contributed by atoms with Gasteiger partial charge >= 0.3 is 0 Å². The summed E-state index contributed by atoms with van der Waals surface area (Å²) in [7, 11) is 0. The van der Waals surface area contributed by atoms with Crippen LogP contribution in [0.3, 0.4) is 0 Å². The van der Waals surface area contributed by atoms with Crippen LogP contribution in [-0.4, -0.2) is 33.4 Å². The van der Waals surface area contributed by atoms with E-state index < -0.39 is 0 Å². The van der Waals surface area contributed by atoms with Gasteiger partial charge in [0, 0.05) is 29.8 Å². The SMILES string of the molecule is Cc1cccc(OCC(=O)N2C3CCC2c2cnc(-c4ccc(F)cc4)nc2C3)c1. The monoisotopic (exact) mass is 403 g/mol. The average Bonchev–Trinajstić information content (AvgIpc) is 3.07. The van der Waals surface area contributed by atoms with Crippen LogP contribution in [0.1, 0.15) is 35.7 Å². The molecule has 2 bridgehead atoms. The zero-order valence-corrected chi connectivity index (χ0v) is 16.7. The van der Waals surface area contributed by atoms with E-state index in [2.05, 4.69) is 4.98 Å². The van der Waals surface area contributed by atoms with E-state index in [1.807, 2.05) is 42.3 Å². The fourth-order valence-electron chi connectivity index (χ4n) is 4.52. The molecule has 0 aliphatic carbocycles. The molecule has 2 aliphatic rings. The summed E-state index contributed by atoms with van der Waals surface area (Å²) in [5.41, 5.74) is 3.89. The van der Waals surface area contributed by atoms with E-state index in [9.17, 15) is 9.18 Å². The highest BCUT2D eigenvalue weighted by molar-refractivity contribution is 5.79. The lowest BCUT2D eigenvalue weighted by atomic mass is 9.99. The molecule has 3 heterocycles. The van der Waals surface area contributed by atoms with Crippen molar-refractivity contribution in [1.82, 2.24) is 14.9 Å². The van der Waals surface area contributed by atoms with Gasteiger partial charge in [0.1, 0.15) is 11.6 Å². The normalized spacial score (nSPS) is 19.5. The molecule has 5 rings (SSSR count). The first-order valence-corrected chi connectivity index (χ1v) is 10.2. The van der Waals surface area contributed by atoms with Crippen LogP contribution in [0.5, 0.6) is 5.75 Å². The van der Waals surface area contributed by atoms with Crippen LogP contribution in [0.25, 0.3) is 11.4 Å². The number of fused-ring (bicyclic) bond motifs is 4. The van der Waals surface area contributed by atoms with Crippen LogP contribution in [0.15, 0.2) is 54.7 Å². The van der Waals surface area contributed by atoms with Crippen LogP contribution in [-0.2, 0) is 11.2 Å². The van der Waals surface area contributed by atoms with Crippen LogP contribution in [0.4, 0.5) is 4.39 Å². The first kappa shape index (κ1) is 18.7. The minimum Gasteiger partial charge on any atom is -0.484 e. The number of benzene rings is 2. The van der Waals surface area contributed by atoms with E-state index >= 15 is 0 Å². The molecule has 1 saturated heterocycles. The van der Waals surface area contributed by atoms with Gasteiger partial charge in [-0.1, -0.05) is 12.1 Å². The number of hydrogen-bond acceptors (Lipinski definition) is 4. The Morgan fingerprint density at radius 2 is 2.03 bits per heavy atom. The number of nitrogens with zero attached hydrogens (tertiary/aromatic N) is 3. The smallest absolute Gasteiger partial charge is 0.261 e. The Morgan fingerprint density at radius 1 is 1.20 bits per heavy atom. The van der Waals surface area contributed by atoms with E-state index in [1.54, 1.807) is 12.1 Å². The van der Waals surface area contributed by atoms with Crippen LogP contribution >= 0.6 is 0 Å². The van der Waals surface area contributed by atoms with Crippen molar-refractivity contribution in [3.63, 3.8) is 0 Å². The number of aryl methyl sites for hydroxylation is 1. The molecule has 30 heavy (non-hydrogen) atoms. The van der Waals surface area contributed by atoms with Crippen molar-refractivity contribution in [1.29, 1.82) is 0 Å². The highest BCUT2D eigenvalue weighted by Gasteiger charge is 2.43. The van der Waals surface area contributed by atoms with Crippen molar-refractivity contribution in [2.24, 2.45) is 0 Å². The van der Waals surface area contributed by atoms with Gasteiger partial charge in [0.05, 0.1) is 11.7 Å². The van der Waals surface area contributed by atoms with Gasteiger partial charge in [-0.3, -0.25) is 4.79 Å². The van der Waals surface area contributed by atoms with Gasteiger partial charge in [-0.25, -0.2) is 14.4 Å². The number of rotatable bonds is 4. The molecular weight excluding hydrogens is 381 g/mol. The fraction of sp³-hybridized carbons (Fsp3) is 0.292. The molecule has 0 N–H and O–H groups in total. The third-order valence-corrected chi connectivity index (χ3v) is 5.93. The molecule has 6 heteroatoms. The van der Waals surface area contributed by atoms with Crippen molar-refractivity contribution < 1.29 is 13.9 Å². The predicted molar refractivity (Wildman–Crippen MR) is 110 cm³/mol. The molecule has 2 atom stereocenters. The highest BCUT2D eigenvalue weighted by atomic mass is 19.1. The number of amides is 1. The Bertz CT molecular complexity index is 1100. The number of halogens is 1. The van der Waals surface area contributed by atoms with Gasteiger partial charge in [0.25, 0.3) is 5.91 Å². The summed E-state index contributed by atoms with van der Waals surface area (Å²) in [6.45, 7) is 2.02. The zero-order valence-electron chi connectivity index (χ0n) is 16.7. The van der Waals surface area contributed by atoms with Gasteiger partial charge in [-0.2, -0.15) is 0 Å². The summed E-state index contributed by atoms with van der Waals surface area (Å²) < 4.78 is 19.0. The minimum atomic E-state index is -0.281. The summed E-state index contributed by atoms with van der Waals surface area (Å²) in [4.78, 5) is 24.2. The molecule has 1 fully saturated rings. The average molecular weight is 403 g/mol. The molecule has 2 unspecified atom stereocenters. The van der Waals surface area contributed by atoms with Crippen molar-refractivity contribution in [3.8, 4) is 17.1 Å². The van der Waals surface area contributed by atoms with Crippen LogP contribution in [0.2, 0.25) is 0 Å². The molecule has 0 spiro atoms. The van der Waals surface area contributed by atoms with Crippen molar-refractivity contribution in [2.75, 3.05) is 6.61 Å². The van der Waals surface area contributed by atoms with Crippen LogP contribution in [0, 0.1) is 12.7 Å². The predicted octanol–water partition coefficient (Wildman–Crippen LogP) is 4.26. The van der Waals surface area contributed by atoms with Gasteiger partial charge in [0.2, 0.25) is 0 Å². The standard InChI is InChI=1S/C24H22FN3O2/c1-15-3-2-4-19(11-15)30-14-23(29)28-18-9-10-22(28)20-13-26-24(27-21(20)12-18)16-5-7-17(25)8-6-16/h2-8,11,13,18,22H,9-10,12,14H2,1H3. The molecule has 0 radical (unpaired) electrons. The topological polar surface area (TPSA) is 55.3 Å². The molecule has 2 aromatic carbocycles. The first-order valence-electron chi connectivity index (χ1n) is 10.2. The van der Waals surface area contributed by atoms with Gasteiger partial charge < -0.3 is 9.64 Å². The lowest BCUT2D eigenvalue weighted by Crippen LogP contribution is -2.44. The number of carbonyl (C=O) groups excluding carboxylic acids is 1. The second-order valence-corrected chi connectivity index (χ2v) is 7.96. The molecule has 2 aliphatic heterocycles. The fourth-order valence-corrected chi connectivity index (χ4v) is 4.52. The second-order valence-electron chi connectivity index (χ2n) is 7.96. The lowest BCUT2D eigenvalue weighted by Gasteiger charge is -2.35.